The minimum absolute atomic E-state index is 0.0780. The molecule has 0 unspecified atom stereocenters. The highest BCUT2D eigenvalue weighted by atomic mass is 31.2. The molecule has 0 heterocycles. The molecular weight excluding hydrogens is 250 g/mol. The van der Waals surface area contributed by atoms with E-state index in [0.29, 0.717) is 0 Å². The Kier molecular flexibility index (Phi) is 8.04. The van der Waals surface area contributed by atoms with E-state index in [-0.39, 0.29) is 26.0 Å². The number of carbonyl (C=O) groups is 1. The second-order valence-electron chi connectivity index (χ2n) is 2.90. The van der Waals surface area contributed by atoms with Crippen molar-refractivity contribution in [1.29, 1.82) is 0 Å². The molecule has 0 saturated heterocycles. The van der Waals surface area contributed by atoms with Crippen LogP contribution in [0.3, 0.4) is 0 Å². The molecule has 0 amide bonds. The molecule has 0 atom stereocenters. The van der Waals surface area contributed by atoms with E-state index in [0.717, 1.165) is 6.08 Å². The van der Waals surface area contributed by atoms with Gasteiger partial charge in [0.15, 0.2) is 0 Å². The fraction of sp³-hybridized carbons (Fsp3) is 0.700. The predicted octanol–water partition coefficient (Wildman–Crippen LogP) is 2.67. The second-order valence-corrected chi connectivity index (χ2v) is 5.00. The minimum Gasteiger partial charge on any atom is -0.461 e. The van der Waals surface area contributed by atoms with Crippen LogP contribution in [-0.4, -0.2) is 32.0 Å². The van der Waals surface area contributed by atoms with Gasteiger partial charge in [-0.3, -0.25) is 4.57 Å². The van der Waals surface area contributed by atoms with Gasteiger partial charge >= 0.3 is 13.6 Å². The second kappa shape index (κ2) is 8.39. The van der Waals surface area contributed by atoms with Crippen LogP contribution in [0.15, 0.2) is 11.9 Å². The number of halogens is 1. The first-order valence-corrected chi connectivity index (χ1v) is 7.12. The lowest BCUT2D eigenvalue weighted by Crippen LogP contribution is -2.06. The van der Waals surface area contributed by atoms with Crippen LogP contribution in [0.25, 0.3) is 0 Å². The molecule has 0 aliphatic carbocycles. The molecule has 100 valence electrons. The molecule has 0 radical (unpaired) electrons. The van der Waals surface area contributed by atoms with Crippen LogP contribution in [0.2, 0.25) is 0 Å². The van der Waals surface area contributed by atoms with Gasteiger partial charge in [0, 0.05) is 0 Å². The van der Waals surface area contributed by atoms with Crippen molar-refractivity contribution >= 4 is 13.6 Å². The smallest absolute Gasteiger partial charge is 0.366 e. The van der Waals surface area contributed by atoms with E-state index < -0.39 is 19.4 Å². The number of hydrogen-bond acceptors (Lipinski definition) is 5. The van der Waals surface area contributed by atoms with Crippen LogP contribution < -0.4 is 0 Å². The highest BCUT2D eigenvalue weighted by Gasteiger charge is 2.23. The summed E-state index contributed by atoms with van der Waals surface area (Å²) >= 11 is 0. The van der Waals surface area contributed by atoms with Crippen molar-refractivity contribution in [2.45, 2.75) is 20.8 Å². The average Bonchev–Trinajstić information content (AvgIpc) is 2.27. The van der Waals surface area contributed by atoms with Gasteiger partial charge in [0.05, 0.1) is 26.0 Å². The van der Waals surface area contributed by atoms with Crippen LogP contribution in [0.1, 0.15) is 20.8 Å². The molecule has 0 aliphatic rings. The number of carbonyl (C=O) groups excluding carboxylic acids is 1. The van der Waals surface area contributed by atoms with Crippen molar-refractivity contribution in [2.24, 2.45) is 0 Å². The van der Waals surface area contributed by atoms with Crippen LogP contribution in [-0.2, 0) is 23.1 Å². The maximum atomic E-state index is 13.1. The van der Waals surface area contributed by atoms with Crippen molar-refractivity contribution < 1.29 is 27.5 Å². The Balaban J connectivity index is 4.52. The molecule has 7 heteroatoms. The van der Waals surface area contributed by atoms with E-state index in [9.17, 15) is 13.8 Å². The molecule has 17 heavy (non-hydrogen) atoms. The van der Waals surface area contributed by atoms with Gasteiger partial charge in [-0.2, -0.15) is 4.39 Å². The molecule has 5 nitrogen and oxygen atoms in total. The van der Waals surface area contributed by atoms with Gasteiger partial charge in [0.25, 0.3) is 0 Å². The first-order chi connectivity index (χ1) is 7.99. The van der Waals surface area contributed by atoms with Crippen molar-refractivity contribution in [1.82, 2.24) is 0 Å². The first kappa shape index (κ1) is 16.3. The van der Waals surface area contributed by atoms with E-state index in [4.69, 9.17) is 9.05 Å². The lowest BCUT2D eigenvalue weighted by molar-refractivity contribution is -0.140. The Labute approximate surface area is 100 Å². The van der Waals surface area contributed by atoms with Gasteiger partial charge in [-0.05, 0) is 26.8 Å². The Morgan fingerprint density at radius 1 is 1.18 bits per heavy atom. The lowest BCUT2D eigenvalue weighted by Gasteiger charge is -2.14. The number of ether oxygens (including phenoxy) is 1. The minimum atomic E-state index is -3.36. The van der Waals surface area contributed by atoms with Crippen molar-refractivity contribution in [2.75, 3.05) is 26.0 Å². The standard InChI is InChI=1S/C10H18FO5P/c1-4-14-10(12)9(11)7-8-17(13,15-5-2)16-6-3/h7H,4-6,8H2,1-3H3/b9-7-. The normalized spacial score (nSPS) is 12.6. The zero-order chi connectivity index (χ0) is 13.3. The van der Waals surface area contributed by atoms with Crippen molar-refractivity contribution in [3.8, 4) is 0 Å². The summed E-state index contributed by atoms with van der Waals surface area (Å²) in [6.07, 6.45) is 0.573. The van der Waals surface area contributed by atoms with Crippen molar-refractivity contribution in [3.05, 3.63) is 11.9 Å². The summed E-state index contributed by atoms with van der Waals surface area (Å²) in [6, 6.07) is 0. The number of esters is 1. The van der Waals surface area contributed by atoms with E-state index in [1.165, 1.54) is 0 Å². The summed E-state index contributed by atoms with van der Waals surface area (Å²) in [7, 11) is -3.36. The fourth-order valence-corrected chi connectivity index (χ4v) is 2.47. The van der Waals surface area contributed by atoms with E-state index >= 15 is 0 Å². The van der Waals surface area contributed by atoms with Crippen LogP contribution in [0.5, 0.6) is 0 Å². The van der Waals surface area contributed by atoms with Crippen LogP contribution in [0.4, 0.5) is 4.39 Å². The largest absolute Gasteiger partial charge is 0.461 e. The molecule has 0 saturated carbocycles. The summed E-state index contributed by atoms with van der Waals surface area (Å²) in [4.78, 5) is 10.9. The van der Waals surface area contributed by atoms with Crippen LogP contribution in [0, 0.1) is 0 Å². The zero-order valence-electron chi connectivity index (χ0n) is 10.3. The topological polar surface area (TPSA) is 61.8 Å². The van der Waals surface area contributed by atoms with Gasteiger partial charge < -0.3 is 13.8 Å². The fourth-order valence-electron chi connectivity index (χ4n) is 1.01. The molecule has 0 aliphatic heterocycles. The summed E-state index contributed by atoms with van der Waals surface area (Å²) in [5.74, 6) is -2.17. The van der Waals surface area contributed by atoms with Gasteiger partial charge in [0.2, 0.25) is 5.83 Å². The third kappa shape index (κ3) is 6.56. The average molecular weight is 268 g/mol. The van der Waals surface area contributed by atoms with E-state index in [1.807, 2.05) is 0 Å². The molecule has 0 aromatic heterocycles. The number of rotatable bonds is 8. The molecular formula is C10H18FO5P. The van der Waals surface area contributed by atoms with Crippen molar-refractivity contribution in [3.63, 3.8) is 0 Å². The summed E-state index contributed by atoms with van der Waals surface area (Å²) in [5, 5.41) is 0. The first-order valence-electron chi connectivity index (χ1n) is 5.40. The predicted molar refractivity (Wildman–Crippen MR) is 61.5 cm³/mol. The maximum Gasteiger partial charge on any atom is 0.366 e. The Hall–Kier alpha value is -0.710. The molecule has 0 aromatic rings. The Morgan fingerprint density at radius 2 is 1.71 bits per heavy atom. The van der Waals surface area contributed by atoms with E-state index in [2.05, 4.69) is 4.74 Å². The summed E-state index contributed by atoms with van der Waals surface area (Å²) in [5.41, 5.74) is 0. The van der Waals surface area contributed by atoms with E-state index in [1.54, 1.807) is 20.8 Å². The van der Waals surface area contributed by atoms with Gasteiger partial charge in [-0.15, -0.1) is 0 Å². The molecule has 0 fully saturated rings. The number of hydrogen-bond donors (Lipinski definition) is 0. The molecule has 0 N–H and O–H groups in total. The van der Waals surface area contributed by atoms with Crippen LogP contribution >= 0.6 is 7.60 Å². The summed E-state index contributed by atoms with van der Waals surface area (Å²) < 4.78 is 39.3. The van der Waals surface area contributed by atoms with Gasteiger partial charge in [-0.1, -0.05) is 0 Å². The highest BCUT2D eigenvalue weighted by molar-refractivity contribution is 7.54. The van der Waals surface area contributed by atoms with Gasteiger partial charge in [0.1, 0.15) is 0 Å². The summed E-state index contributed by atoms with van der Waals surface area (Å²) in [6.45, 7) is 5.32. The molecule has 0 rings (SSSR count). The highest BCUT2D eigenvalue weighted by Crippen LogP contribution is 2.48. The SMILES string of the molecule is CCOC(=O)/C(F)=C/CP(=O)(OCC)OCC. The Morgan fingerprint density at radius 3 is 2.12 bits per heavy atom. The molecule has 0 aromatic carbocycles. The quantitative estimate of drug-likeness (QED) is 0.385. The third-order valence-corrected chi connectivity index (χ3v) is 3.55. The number of allylic oxidation sites excluding steroid dienone is 1. The third-order valence-electron chi connectivity index (χ3n) is 1.62. The van der Waals surface area contributed by atoms with Gasteiger partial charge in [-0.25, -0.2) is 4.79 Å². The maximum absolute atomic E-state index is 13.1. The Bertz CT molecular complexity index is 306. The lowest BCUT2D eigenvalue weighted by atomic mass is 10.5. The molecule has 0 bridgehead atoms. The molecule has 0 spiro atoms. The monoisotopic (exact) mass is 268 g/mol. The zero-order valence-corrected chi connectivity index (χ0v) is 11.2.